The molecule has 1 saturated carbocycles. The Labute approximate surface area is 142 Å². The first-order chi connectivity index (χ1) is 12.1. The summed E-state index contributed by atoms with van der Waals surface area (Å²) in [5.74, 6) is -0.949. The number of hydrogen-bond donors (Lipinski definition) is 2. The van der Waals surface area contributed by atoms with Crippen LogP contribution in [0.2, 0.25) is 0 Å². The molecule has 0 saturated heterocycles. The smallest absolute Gasteiger partial charge is 0.227 e. The quantitative estimate of drug-likeness (QED) is 0.742. The molecule has 4 nitrogen and oxygen atoms in total. The van der Waals surface area contributed by atoms with E-state index in [4.69, 9.17) is 0 Å². The minimum absolute atomic E-state index is 0.00251. The number of H-pyrrole nitrogens is 1. The summed E-state index contributed by atoms with van der Waals surface area (Å²) < 4.78 is 27.1. The summed E-state index contributed by atoms with van der Waals surface area (Å²) in [5.41, 5.74) is 2.13. The van der Waals surface area contributed by atoms with Crippen LogP contribution < -0.4 is 5.32 Å². The van der Waals surface area contributed by atoms with Crippen LogP contribution in [0.1, 0.15) is 24.1 Å². The summed E-state index contributed by atoms with van der Waals surface area (Å²) in [5, 5.41) is 10.3. The zero-order valence-electron chi connectivity index (χ0n) is 13.2. The van der Waals surface area contributed by atoms with Gasteiger partial charge in [0.25, 0.3) is 0 Å². The van der Waals surface area contributed by atoms with E-state index in [0.717, 1.165) is 18.4 Å². The largest absolute Gasteiger partial charge is 0.323 e. The highest BCUT2D eigenvalue weighted by Gasteiger charge is 2.30. The summed E-state index contributed by atoms with van der Waals surface area (Å²) in [6.45, 7) is 0. The maximum Gasteiger partial charge on any atom is 0.227 e. The van der Waals surface area contributed by atoms with Crippen LogP contribution in [0.5, 0.6) is 0 Å². The first-order valence-corrected chi connectivity index (χ1v) is 8.02. The lowest BCUT2D eigenvalue weighted by Gasteiger charge is -2.06. The fourth-order valence-electron chi connectivity index (χ4n) is 2.61. The molecule has 1 aliphatic rings. The van der Waals surface area contributed by atoms with E-state index in [2.05, 4.69) is 15.5 Å². The molecule has 126 valence electrons. The zero-order chi connectivity index (χ0) is 17.4. The lowest BCUT2D eigenvalue weighted by molar-refractivity contribution is -0.117. The molecule has 25 heavy (non-hydrogen) atoms. The molecular weight excluding hydrogens is 324 g/mol. The van der Waals surface area contributed by atoms with E-state index in [1.165, 1.54) is 18.2 Å². The van der Waals surface area contributed by atoms with E-state index in [1.54, 1.807) is 30.4 Å². The Bertz CT molecular complexity index is 972. The second kappa shape index (κ2) is 6.12. The van der Waals surface area contributed by atoms with Crippen LogP contribution in [0.25, 0.3) is 23.1 Å². The number of carbonyl (C=O) groups is 1. The second-order valence-corrected chi connectivity index (χ2v) is 6.13. The first kappa shape index (κ1) is 15.5. The summed E-state index contributed by atoms with van der Waals surface area (Å²) in [4.78, 5) is 11.9. The summed E-state index contributed by atoms with van der Waals surface area (Å²) in [7, 11) is 0. The van der Waals surface area contributed by atoms with Gasteiger partial charge in [-0.05, 0) is 42.7 Å². The van der Waals surface area contributed by atoms with Gasteiger partial charge in [0, 0.05) is 17.4 Å². The number of amides is 1. The van der Waals surface area contributed by atoms with E-state index >= 15 is 0 Å². The predicted octanol–water partition coefficient (Wildman–Crippen LogP) is 4.36. The Balaban J connectivity index is 1.64. The molecular formula is C19H15F2N3O. The molecule has 2 aromatic carbocycles. The number of nitrogens with zero attached hydrogens (tertiary/aromatic N) is 1. The lowest BCUT2D eigenvalue weighted by Crippen LogP contribution is -2.14. The van der Waals surface area contributed by atoms with Gasteiger partial charge in [-0.1, -0.05) is 18.2 Å². The molecule has 1 heterocycles. The van der Waals surface area contributed by atoms with Gasteiger partial charge in [-0.3, -0.25) is 9.89 Å². The highest BCUT2D eigenvalue weighted by atomic mass is 19.1. The van der Waals surface area contributed by atoms with Gasteiger partial charge in [0.2, 0.25) is 5.91 Å². The van der Waals surface area contributed by atoms with Crippen molar-refractivity contribution in [3.8, 4) is 0 Å². The number of benzene rings is 2. The third-order valence-electron chi connectivity index (χ3n) is 4.19. The van der Waals surface area contributed by atoms with Gasteiger partial charge >= 0.3 is 0 Å². The molecule has 1 aliphatic carbocycles. The number of fused-ring (bicyclic) bond motifs is 1. The fraction of sp³-hybridized carbons (Fsp3) is 0.158. The van der Waals surface area contributed by atoms with Crippen molar-refractivity contribution in [3.05, 3.63) is 59.3 Å². The Morgan fingerprint density at radius 2 is 1.92 bits per heavy atom. The number of hydrogen-bond acceptors (Lipinski definition) is 2. The molecule has 1 amide bonds. The Morgan fingerprint density at radius 1 is 1.16 bits per heavy atom. The second-order valence-electron chi connectivity index (χ2n) is 6.13. The van der Waals surface area contributed by atoms with Crippen LogP contribution in [-0.2, 0) is 4.79 Å². The number of rotatable bonds is 4. The van der Waals surface area contributed by atoms with Crippen molar-refractivity contribution >= 4 is 34.6 Å². The van der Waals surface area contributed by atoms with Crippen LogP contribution in [0, 0.1) is 17.6 Å². The van der Waals surface area contributed by atoms with E-state index in [9.17, 15) is 13.6 Å². The van der Waals surface area contributed by atoms with Crippen molar-refractivity contribution in [1.29, 1.82) is 0 Å². The summed E-state index contributed by atoms with van der Waals surface area (Å²) in [6, 6.07) is 8.97. The molecule has 0 radical (unpaired) electrons. The lowest BCUT2D eigenvalue weighted by atomic mass is 10.1. The fourth-order valence-corrected chi connectivity index (χ4v) is 2.61. The summed E-state index contributed by atoms with van der Waals surface area (Å²) in [6.07, 6.45) is 5.26. The van der Waals surface area contributed by atoms with Crippen molar-refractivity contribution in [1.82, 2.24) is 10.2 Å². The minimum atomic E-state index is -0.501. The monoisotopic (exact) mass is 339 g/mol. The summed E-state index contributed by atoms with van der Waals surface area (Å²) >= 11 is 0. The van der Waals surface area contributed by atoms with Gasteiger partial charge < -0.3 is 5.32 Å². The van der Waals surface area contributed by atoms with E-state index in [1.807, 2.05) is 0 Å². The molecule has 2 N–H and O–H groups in total. The van der Waals surface area contributed by atoms with Gasteiger partial charge in [-0.15, -0.1) is 0 Å². The highest BCUT2D eigenvalue weighted by Crippen LogP contribution is 2.31. The topological polar surface area (TPSA) is 57.8 Å². The molecule has 0 atom stereocenters. The Kier molecular flexibility index (Phi) is 3.80. The predicted molar refractivity (Wildman–Crippen MR) is 92.7 cm³/mol. The SMILES string of the molecule is O=C(Nc1cc2c(C=Cc3ccc(F)cc3)n[nH]c2cc1F)C1CC1. The van der Waals surface area contributed by atoms with Crippen molar-refractivity contribution in [2.75, 3.05) is 5.32 Å². The number of carbonyl (C=O) groups excluding carboxylic acids is 1. The van der Waals surface area contributed by atoms with Crippen LogP contribution >= 0.6 is 0 Å². The third-order valence-corrected chi connectivity index (χ3v) is 4.19. The van der Waals surface area contributed by atoms with Crippen LogP contribution in [0.4, 0.5) is 14.5 Å². The molecule has 6 heteroatoms. The molecule has 0 spiro atoms. The average molecular weight is 339 g/mol. The van der Waals surface area contributed by atoms with Gasteiger partial charge in [-0.2, -0.15) is 5.10 Å². The van der Waals surface area contributed by atoms with Gasteiger partial charge in [0.05, 0.1) is 16.9 Å². The van der Waals surface area contributed by atoms with Crippen LogP contribution in [0.3, 0.4) is 0 Å². The Morgan fingerprint density at radius 3 is 2.64 bits per heavy atom. The molecule has 1 fully saturated rings. The average Bonchev–Trinajstić information content (AvgIpc) is 3.38. The van der Waals surface area contributed by atoms with Gasteiger partial charge in [0.15, 0.2) is 0 Å². The van der Waals surface area contributed by atoms with Crippen molar-refractivity contribution in [2.24, 2.45) is 5.92 Å². The van der Waals surface area contributed by atoms with Crippen LogP contribution in [0.15, 0.2) is 36.4 Å². The maximum atomic E-state index is 14.1. The molecule has 0 bridgehead atoms. The van der Waals surface area contributed by atoms with Crippen molar-refractivity contribution in [3.63, 3.8) is 0 Å². The zero-order valence-corrected chi connectivity index (χ0v) is 13.2. The van der Waals surface area contributed by atoms with E-state index < -0.39 is 5.82 Å². The highest BCUT2D eigenvalue weighted by molar-refractivity contribution is 5.98. The standard InChI is InChI=1S/C19H15F2N3O/c20-13-6-1-11(2-7-13)3-8-16-14-9-18(22-19(25)12-4-5-12)15(21)10-17(14)24-23-16/h1-3,6-10,12H,4-5H2,(H,22,25)(H,23,24). The van der Waals surface area contributed by atoms with E-state index in [-0.39, 0.29) is 23.3 Å². The van der Waals surface area contributed by atoms with Crippen molar-refractivity contribution in [2.45, 2.75) is 12.8 Å². The van der Waals surface area contributed by atoms with Gasteiger partial charge in [0.1, 0.15) is 11.6 Å². The normalized spacial score (nSPS) is 14.3. The van der Waals surface area contributed by atoms with Gasteiger partial charge in [-0.25, -0.2) is 8.78 Å². The van der Waals surface area contributed by atoms with Crippen molar-refractivity contribution < 1.29 is 13.6 Å². The molecule has 3 aromatic rings. The number of aromatic nitrogens is 2. The maximum absolute atomic E-state index is 14.1. The molecule has 0 aliphatic heterocycles. The number of halogens is 2. The minimum Gasteiger partial charge on any atom is -0.323 e. The molecule has 0 unspecified atom stereocenters. The Hall–Kier alpha value is -3.02. The number of aromatic amines is 1. The molecule has 1 aromatic heterocycles. The van der Waals surface area contributed by atoms with Crippen LogP contribution in [-0.4, -0.2) is 16.1 Å². The molecule has 4 rings (SSSR count). The van der Waals surface area contributed by atoms with E-state index in [0.29, 0.717) is 16.6 Å². The number of anilines is 1. The third kappa shape index (κ3) is 3.28. The number of nitrogens with one attached hydrogen (secondary N) is 2. The first-order valence-electron chi connectivity index (χ1n) is 8.02.